The quantitative estimate of drug-likeness (QED) is 0.750. The number of nitrogens with zero attached hydrogens (tertiary/aromatic N) is 2. The summed E-state index contributed by atoms with van der Waals surface area (Å²) in [4.78, 5) is 14.8. The first-order valence-corrected chi connectivity index (χ1v) is 5.53. The summed E-state index contributed by atoms with van der Waals surface area (Å²) < 4.78 is 5.62. The average molecular weight is 255 g/mol. The SMILES string of the molecule is O=C(O)c1n[nH]c2cc(Oc3ccncc3)ccc12. The van der Waals surface area contributed by atoms with Crippen LogP contribution in [0.15, 0.2) is 42.7 Å². The number of aromatic amines is 1. The summed E-state index contributed by atoms with van der Waals surface area (Å²) in [6, 6.07) is 8.54. The van der Waals surface area contributed by atoms with Gasteiger partial charge in [0.2, 0.25) is 0 Å². The van der Waals surface area contributed by atoms with Gasteiger partial charge < -0.3 is 9.84 Å². The Balaban J connectivity index is 1.97. The van der Waals surface area contributed by atoms with Crippen molar-refractivity contribution in [2.24, 2.45) is 0 Å². The lowest BCUT2D eigenvalue weighted by molar-refractivity contribution is 0.0692. The van der Waals surface area contributed by atoms with E-state index in [9.17, 15) is 4.79 Å². The van der Waals surface area contributed by atoms with Gasteiger partial charge in [-0.05, 0) is 24.3 Å². The molecule has 94 valence electrons. The topological polar surface area (TPSA) is 88.1 Å². The van der Waals surface area contributed by atoms with E-state index in [1.165, 1.54) is 0 Å². The number of pyridine rings is 1. The van der Waals surface area contributed by atoms with Crippen LogP contribution in [0, 0.1) is 0 Å². The Labute approximate surface area is 107 Å². The molecule has 0 saturated heterocycles. The maximum Gasteiger partial charge on any atom is 0.357 e. The molecule has 19 heavy (non-hydrogen) atoms. The number of H-pyrrole nitrogens is 1. The van der Waals surface area contributed by atoms with Crippen molar-refractivity contribution in [1.82, 2.24) is 15.2 Å². The van der Waals surface area contributed by atoms with E-state index in [2.05, 4.69) is 15.2 Å². The Morgan fingerprint density at radius 1 is 1.16 bits per heavy atom. The number of aromatic nitrogens is 3. The standard InChI is InChI=1S/C13H9N3O3/c17-13(18)12-10-2-1-9(7-11(10)15-16-12)19-8-3-5-14-6-4-8/h1-7H,(H,15,16)(H,17,18). The van der Waals surface area contributed by atoms with E-state index in [1.807, 2.05) is 0 Å². The van der Waals surface area contributed by atoms with Crippen LogP contribution < -0.4 is 4.74 Å². The van der Waals surface area contributed by atoms with Crippen molar-refractivity contribution in [2.45, 2.75) is 0 Å². The zero-order valence-electron chi connectivity index (χ0n) is 9.70. The molecule has 0 unspecified atom stereocenters. The number of ether oxygens (including phenoxy) is 1. The van der Waals surface area contributed by atoms with Gasteiger partial charge in [0.15, 0.2) is 5.69 Å². The second kappa shape index (κ2) is 4.41. The number of rotatable bonds is 3. The molecule has 0 radical (unpaired) electrons. The minimum atomic E-state index is -1.06. The third-order valence-corrected chi connectivity index (χ3v) is 2.62. The molecule has 3 rings (SSSR count). The van der Waals surface area contributed by atoms with Gasteiger partial charge in [-0.15, -0.1) is 0 Å². The molecular formula is C13H9N3O3. The largest absolute Gasteiger partial charge is 0.476 e. The van der Waals surface area contributed by atoms with Crippen molar-refractivity contribution < 1.29 is 14.6 Å². The fourth-order valence-electron chi connectivity index (χ4n) is 1.77. The second-order valence-electron chi connectivity index (χ2n) is 3.87. The number of nitrogens with one attached hydrogen (secondary N) is 1. The molecule has 2 N–H and O–H groups in total. The van der Waals surface area contributed by atoms with E-state index in [0.29, 0.717) is 22.4 Å². The highest BCUT2D eigenvalue weighted by Crippen LogP contribution is 2.25. The van der Waals surface area contributed by atoms with Crippen LogP contribution in [0.5, 0.6) is 11.5 Å². The molecule has 0 bridgehead atoms. The number of carboxylic acid groups (broad SMARTS) is 1. The van der Waals surface area contributed by atoms with Crippen LogP contribution >= 0.6 is 0 Å². The molecule has 2 aromatic heterocycles. The summed E-state index contributed by atoms with van der Waals surface area (Å²) in [6.07, 6.45) is 3.26. The number of carbonyl (C=O) groups is 1. The molecule has 0 aliphatic rings. The molecule has 0 atom stereocenters. The van der Waals surface area contributed by atoms with Crippen molar-refractivity contribution in [2.75, 3.05) is 0 Å². The minimum absolute atomic E-state index is 0.00506. The lowest BCUT2D eigenvalue weighted by Gasteiger charge is -2.04. The van der Waals surface area contributed by atoms with Crippen molar-refractivity contribution in [1.29, 1.82) is 0 Å². The molecule has 0 aliphatic carbocycles. The van der Waals surface area contributed by atoms with E-state index in [1.54, 1.807) is 42.7 Å². The zero-order chi connectivity index (χ0) is 13.2. The number of hydrogen-bond donors (Lipinski definition) is 2. The van der Waals surface area contributed by atoms with Crippen LogP contribution in [0.2, 0.25) is 0 Å². The van der Waals surface area contributed by atoms with Crippen molar-refractivity contribution in [3.8, 4) is 11.5 Å². The van der Waals surface area contributed by atoms with Gasteiger partial charge in [-0.2, -0.15) is 5.10 Å². The van der Waals surface area contributed by atoms with E-state index in [0.717, 1.165) is 0 Å². The van der Waals surface area contributed by atoms with Crippen LogP contribution in [0.4, 0.5) is 0 Å². The Morgan fingerprint density at radius 2 is 1.95 bits per heavy atom. The van der Waals surface area contributed by atoms with Gasteiger partial charge in [0, 0.05) is 23.8 Å². The molecule has 3 aromatic rings. The molecule has 0 saturated carbocycles. The summed E-state index contributed by atoms with van der Waals surface area (Å²) in [5, 5.41) is 15.9. The van der Waals surface area contributed by atoms with Gasteiger partial charge >= 0.3 is 5.97 Å². The molecule has 6 heteroatoms. The Kier molecular flexibility index (Phi) is 2.60. The molecule has 6 nitrogen and oxygen atoms in total. The molecule has 0 aliphatic heterocycles. The van der Waals surface area contributed by atoms with Crippen molar-refractivity contribution >= 4 is 16.9 Å². The van der Waals surface area contributed by atoms with Crippen LogP contribution in [-0.4, -0.2) is 26.3 Å². The fourth-order valence-corrected chi connectivity index (χ4v) is 1.77. The van der Waals surface area contributed by atoms with E-state index < -0.39 is 5.97 Å². The van der Waals surface area contributed by atoms with Gasteiger partial charge in [0.1, 0.15) is 11.5 Å². The molecule has 0 spiro atoms. The van der Waals surface area contributed by atoms with E-state index in [4.69, 9.17) is 9.84 Å². The van der Waals surface area contributed by atoms with Gasteiger partial charge in [-0.3, -0.25) is 10.1 Å². The smallest absolute Gasteiger partial charge is 0.357 e. The Hall–Kier alpha value is -2.89. The highest BCUT2D eigenvalue weighted by Gasteiger charge is 2.12. The van der Waals surface area contributed by atoms with Gasteiger partial charge in [0.05, 0.1) is 5.52 Å². The van der Waals surface area contributed by atoms with Gasteiger partial charge in [0.25, 0.3) is 0 Å². The third kappa shape index (κ3) is 2.11. The van der Waals surface area contributed by atoms with Crippen LogP contribution in [0.3, 0.4) is 0 Å². The summed E-state index contributed by atoms with van der Waals surface area (Å²) in [7, 11) is 0. The second-order valence-corrected chi connectivity index (χ2v) is 3.87. The Morgan fingerprint density at radius 3 is 2.68 bits per heavy atom. The maximum absolute atomic E-state index is 10.9. The normalized spacial score (nSPS) is 10.5. The highest BCUT2D eigenvalue weighted by molar-refractivity contribution is 6.01. The maximum atomic E-state index is 10.9. The zero-order valence-corrected chi connectivity index (χ0v) is 9.70. The predicted octanol–water partition coefficient (Wildman–Crippen LogP) is 2.45. The summed E-state index contributed by atoms with van der Waals surface area (Å²) in [6.45, 7) is 0. The lowest BCUT2D eigenvalue weighted by Crippen LogP contribution is -1.96. The molecule has 1 aromatic carbocycles. The first-order chi connectivity index (χ1) is 9.24. The fraction of sp³-hybridized carbons (Fsp3) is 0. The number of carboxylic acids is 1. The predicted molar refractivity (Wildman–Crippen MR) is 67.4 cm³/mol. The van der Waals surface area contributed by atoms with Crippen molar-refractivity contribution in [3.63, 3.8) is 0 Å². The first-order valence-electron chi connectivity index (χ1n) is 5.53. The summed E-state index contributed by atoms with van der Waals surface area (Å²) in [5.41, 5.74) is 0.620. The molecule has 0 fully saturated rings. The van der Waals surface area contributed by atoms with Crippen molar-refractivity contribution in [3.05, 3.63) is 48.4 Å². The van der Waals surface area contributed by atoms with Crippen LogP contribution in [0.25, 0.3) is 10.9 Å². The number of aromatic carboxylic acids is 1. The Bertz CT molecular complexity index is 737. The van der Waals surface area contributed by atoms with Gasteiger partial charge in [-0.25, -0.2) is 4.79 Å². The number of benzene rings is 1. The summed E-state index contributed by atoms with van der Waals surface area (Å²) in [5.74, 6) is 0.195. The average Bonchev–Trinajstić information content (AvgIpc) is 2.83. The molecular weight excluding hydrogens is 246 g/mol. The van der Waals surface area contributed by atoms with Crippen LogP contribution in [-0.2, 0) is 0 Å². The summed E-state index contributed by atoms with van der Waals surface area (Å²) >= 11 is 0. The van der Waals surface area contributed by atoms with E-state index >= 15 is 0 Å². The van der Waals surface area contributed by atoms with E-state index in [-0.39, 0.29) is 5.69 Å². The van der Waals surface area contributed by atoms with Crippen LogP contribution in [0.1, 0.15) is 10.5 Å². The lowest BCUT2D eigenvalue weighted by atomic mass is 10.2. The first kappa shape index (κ1) is 11.2. The molecule has 2 heterocycles. The monoisotopic (exact) mass is 255 g/mol. The third-order valence-electron chi connectivity index (χ3n) is 2.62. The number of fused-ring (bicyclic) bond motifs is 1. The van der Waals surface area contributed by atoms with Gasteiger partial charge in [-0.1, -0.05) is 0 Å². The number of hydrogen-bond acceptors (Lipinski definition) is 4. The minimum Gasteiger partial charge on any atom is -0.476 e. The molecule has 0 amide bonds. The highest BCUT2D eigenvalue weighted by atomic mass is 16.5.